The zero-order valence-electron chi connectivity index (χ0n) is 8.60. The Bertz CT molecular complexity index is 298. The molecule has 0 spiro atoms. The van der Waals surface area contributed by atoms with Crippen LogP contribution in [-0.2, 0) is 6.42 Å². The smallest absolute Gasteiger partial charge is 0.387 e. The van der Waals surface area contributed by atoms with Crippen molar-refractivity contribution in [3.63, 3.8) is 0 Å². The van der Waals surface area contributed by atoms with Gasteiger partial charge in [-0.2, -0.15) is 8.78 Å². The molecule has 0 saturated carbocycles. The Kier molecular flexibility index (Phi) is 3.44. The first kappa shape index (κ1) is 11.0. The van der Waals surface area contributed by atoms with Crippen molar-refractivity contribution < 1.29 is 13.5 Å². The molecule has 0 radical (unpaired) electrons. The van der Waals surface area contributed by atoms with Gasteiger partial charge in [0.05, 0.1) is 0 Å². The summed E-state index contributed by atoms with van der Waals surface area (Å²) in [5.74, 6) is 0.303. The molecule has 0 aliphatic heterocycles. The van der Waals surface area contributed by atoms with E-state index in [1.54, 1.807) is 13.8 Å². The topological polar surface area (TPSA) is 9.23 Å². The van der Waals surface area contributed by atoms with Crippen LogP contribution in [0.2, 0.25) is 0 Å². The molecular formula is C11H14F2O. The summed E-state index contributed by atoms with van der Waals surface area (Å²) in [5.41, 5.74) is 2.67. The van der Waals surface area contributed by atoms with Crippen LogP contribution < -0.4 is 4.74 Å². The van der Waals surface area contributed by atoms with E-state index < -0.39 is 6.61 Å². The highest BCUT2D eigenvalue weighted by Crippen LogP contribution is 2.26. The molecule has 14 heavy (non-hydrogen) atoms. The molecule has 0 atom stereocenters. The first-order valence-corrected chi connectivity index (χ1v) is 4.59. The Balaban J connectivity index is 3.05. The van der Waals surface area contributed by atoms with E-state index in [-0.39, 0.29) is 0 Å². The molecule has 0 amide bonds. The van der Waals surface area contributed by atoms with Crippen LogP contribution >= 0.6 is 0 Å². The third-order valence-electron chi connectivity index (χ3n) is 2.14. The molecule has 0 aliphatic carbocycles. The molecule has 78 valence electrons. The van der Waals surface area contributed by atoms with E-state index in [9.17, 15) is 8.78 Å². The Morgan fingerprint density at radius 2 is 1.71 bits per heavy atom. The summed E-state index contributed by atoms with van der Waals surface area (Å²) >= 11 is 0. The zero-order valence-corrected chi connectivity index (χ0v) is 8.60. The fraction of sp³-hybridized carbons (Fsp3) is 0.455. The van der Waals surface area contributed by atoms with Gasteiger partial charge in [0.1, 0.15) is 5.75 Å². The standard InChI is InChI=1S/C11H14F2O/c1-4-9-5-7(2)10(8(3)6-9)14-11(12)13/h5-6,11H,4H2,1-3H3. The number of hydrogen-bond acceptors (Lipinski definition) is 1. The van der Waals surface area contributed by atoms with Crippen LogP contribution in [0.1, 0.15) is 23.6 Å². The summed E-state index contributed by atoms with van der Waals surface area (Å²) < 4.78 is 28.5. The third kappa shape index (κ3) is 2.44. The van der Waals surface area contributed by atoms with E-state index in [2.05, 4.69) is 4.74 Å². The van der Waals surface area contributed by atoms with Crippen molar-refractivity contribution in [2.75, 3.05) is 0 Å². The number of rotatable bonds is 3. The first-order chi connectivity index (χ1) is 6.54. The van der Waals surface area contributed by atoms with Gasteiger partial charge in [-0.3, -0.25) is 0 Å². The number of hydrogen-bond donors (Lipinski definition) is 0. The van der Waals surface area contributed by atoms with Gasteiger partial charge in [-0.05, 0) is 37.0 Å². The summed E-state index contributed by atoms with van der Waals surface area (Å²) in [7, 11) is 0. The molecule has 1 aromatic rings. The second-order valence-electron chi connectivity index (χ2n) is 3.29. The van der Waals surface area contributed by atoms with E-state index in [1.807, 2.05) is 19.1 Å². The fourth-order valence-corrected chi connectivity index (χ4v) is 1.52. The maximum absolute atomic E-state index is 12.0. The third-order valence-corrected chi connectivity index (χ3v) is 2.14. The van der Waals surface area contributed by atoms with Crippen LogP contribution in [0.25, 0.3) is 0 Å². The summed E-state index contributed by atoms with van der Waals surface area (Å²) in [6.07, 6.45) is 0.899. The Morgan fingerprint density at radius 3 is 2.07 bits per heavy atom. The lowest BCUT2D eigenvalue weighted by Gasteiger charge is -2.12. The molecule has 3 heteroatoms. The average molecular weight is 200 g/mol. The van der Waals surface area contributed by atoms with Crippen molar-refractivity contribution in [3.8, 4) is 5.75 Å². The van der Waals surface area contributed by atoms with Gasteiger partial charge in [-0.25, -0.2) is 0 Å². The minimum atomic E-state index is -2.75. The lowest BCUT2D eigenvalue weighted by molar-refractivity contribution is -0.0507. The Morgan fingerprint density at radius 1 is 1.21 bits per heavy atom. The van der Waals surface area contributed by atoms with Gasteiger partial charge in [0, 0.05) is 0 Å². The molecule has 0 aliphatic rings. The summed E-state index contributed by atoms with van der Waals surface area (Å²) in [6, 6.07) is 3.76. The lowest BCUT2D eigenvalue weighted by atomic mass is 10.0. The van der Waals surface area contributed by atoms with Crippen molar-refractivity contribution in [2.45, 2.75) is 33.8 Å². The maximum Gasteiger partial charge on any atom is 0.387 e. The van der Waals surface area contributed by atoms with Crippen LogP contribution in [0, 0.1) is 13.8 Å². The first-order valence-electron chi connectivity index (χ1n) is 4.59. The molecular weight excluding hydrogens is 186 g/mol. The van der Waals surface area contributed by atoms with Crippen molar-refractivity contribution in [1.29, 1.82) is 0 Å². The second kappa shape index (κ2) is 4.40. The molecule has 0 bridgehead atoms. The molecule has 1 rings (SSSR count). The van der Waals surface area contributed by atoms with Gasteiger partial charge in [0.2, 0.25) is 0 Å². The molecule has 0 unspecified atom stereocenters. The maximum atomic E-state index is 12.0. The van der Waals surface area contributed by atoms with Gasteiger partial charge >= 0.3 is 6.61 Å². The molecule has 1 aromatic carbocycles. The molecule has 0 N–H and O–H groups in total. The van der Waals surface area contributed by atoms with E-state index in [0.29, 0.717) is 5.75 Å². The minimum absolute atomic E-state index is 0.303. The summed E-state index contributed by atoms with van der Waals surface area (Å²) in [5, 5.41) is 0. The normalized spacial score (nSPS) is 10.7. The predicted octanol–water partition coefficient (Wildman–Crippen LogP) is 3.47. The van der Waals surface area contributed by atoms with Crippen LogP contribution in [0.4, 0.5) is 8.78 Å². The lowest BCUT2D eigenvalue weighted by Crippen LogP contribution is -2.05. The summed E-state index contributed by atoms with van der Waals surface area (Å²) in [4.78, 5) is 0. The summed E-state index contributed by atoms with van der Waals surface area (Å²) in [6.45, 7) is 2.84. The van der Waals surface area contributed by atoms with Gasteiger partial charge in [-0.1, -0.05) is 19.1 Å². The number of aryl methyl sites for hydroxylation is 3. The van der Waals surface area contributed by atoms with E-state index >= 15 is 0 Å². The van der Waals surface area contributed by atoms with Crippen LogP contribution in [-0.4, -0.2) is 6.61 Å². The average Bonchev–Trinajstić information content (AvgIpc) is 2.10. The SMILES string of the molecule is CCc1cc(C)c(OC(F)F)c(C)c1. The van der Waals surface area contributed by atoms with Crippen molar-refractivity contribution >= 4 is 0 Å². The van der Waals surface area contributed by atoms with E-state index in [0.717, 1.165) is 23.1 Å². The minimum Gasteiger partial charge on any atom is -0.434 e. The van der Waals surface area contributed by atoms with E-state index in [1.165, 1.54) is 0 Å². The number of ether oxygens (including phenoxy) is 1. The Labute approximate surface area is 82.7 Å². The second-order valence-corrected chi connectivity index (χ2v) is 3.29. The molecule has 1 nitrogen and oxygen atoms in total. The van der Waals surface area contributed by atoms with Gasteiger partial charge in [0.15, 0.2) is 0 Å². The quantitative estimate of drug-likeness (QED) is 0.726. The van der Waals surface area contributed by atoms with Crippen LogP contribution in [0.15, 0.2) is 12.1 Å². The monoisotopic (exact) mass is 200 g/mol. The van der Waals surface area contributed by atoms with Crippen molar-refractivity contribution in [1.82, 2.24) is 0 Å². The predicted molar refractivity (Wildman–Crippen MR) is 51.9 cm³/mol. The molecule has 0 aromatic heterocycles. The van der Waals surface area contributed by atoms with Gasteiger partial charge < -0.3 is 4.74 Å². The van der Waals surface area contributed by atoms with Gasteiger partial charge in [-0.15, -0.1) is 0 Å². The molecule has 0 heterocycles. The van der Waals surface area contributed by atoms with E-state index in [4.69, 9.17) is 0 Å². The Hall–Kier alpha value is -1.12. The van der Waals surface area contributed by atoms with Crippen LogP contribution in [0.5, 0.6) is 5.75 Å². The largest absolute Gasteiger partial charge is 0.434 e. The van der Waals surface area contributed by atoms with Crippen LogP contribution in [0.3, 0.4) is 0 Å². The highest BCUT2D eigenvalue weighted by atomic mass is 19.3. The number of alkyl halides is 2. The number of benzene rings is 1. The highest BCUT2D eigenvalue weighted by Gasteiger charge is 2.10. The number of halogens is 2. The molecule has 0 fully saturated rings. The zero-order chi connectivity index (χ0) is 10.7. The van der Waals surface area contributed by atoms with Crippen molar-refractivity contribution in [2.24, 2.45) is 0 Å². The van der Waals surface area contributed by atoms with Crippen molar-refractivity contribution in [3.05, 3.63) is 28.8 Å². The fourth-order valence-electron chi connectivity index (χ4n) is 1.52. The highest BCUT2D eigenvalue weighted by molar-refractivity contribution is 5.43. The van der Waals surface area contributed by atoms with Gasteiger partial charge in [0.25, 0.3) is 0 Å². The molecule has 0 saturated heterocycles.